The van der Waals surface area contributed by atoms with Gasteiger partial charge < -0.3 is 9.47 Å². The van der Waals surface area contributed by atoms with Crippen LogP contribution in [0.5, 0.6) is 5.75 Å². The number of ether oxygens (including phenoxy) is 2. The molecule has 4 unspecified atom stereocenters. The normalized spacial score (nSPS) is 33.9. The van der Waals surface area contributed by atoms with Crippen molar-refractivity contribution in [2.45, 2.75) is 64.9 Å². The number of allylic oxidation sites excluding steroid dienone is 1. The van der Waals surface area contributed by atoms with Crippen LogP contribution < -0.4 is 4.74 Å². The molecule has 1 aromatic carbocycles. The van der Waals surface area contributed by atoms with Crippen LogP contribution in [0.15, 0.2) is 29.6 Å². The Hall–Kier alpha value is -2.07. The van der Waals surface area contributed by atoms with Crippen molar-refractivity contribution in [3.05, 3.63) is 51.2 Å². The number of carbonyl (C=O) groups is 1. The van der Waals surface area contributed by atoms with E-state index in [0.29, 0.717) is 23.5 Å². The fourth-order valence-electron chi connectivity index (χ4n) is 6.48. The first kappa shape index (κ1) is 19.9. The lowest BCUT2D eigenvalue weighted by molar-refractivity contribution is -0.0260. The maximum atomic E-state index is 12.0. The molecule has 30 heavy (non-hydrogen) atoms. The van der Waals surface area contributed by atoms with Crippen molar-refractivity contribution in [1.82, 2.24) is 0 Å². The van der Waals surface area contributed by atoms with Gasteiger partial charge in [-0.3, -0.25) is 0 Å². The van der Waals surface area contributed by atoms with E-state index in [1.54, 1.807) is 11.3 Å². The second-order valence-electron chi connectivity index (χ2n) is 9.83. The van der Waals surface area contributed by atoms with Crippen LogP contribution in [0.2, 0.25) is 0 Å². The lowest BCUT2D eigenvalue weighted by Gasteiger charge is -2.48. The average molecular weight is 423 g/mol. The van der Waals surface area contributed by atoms with E-state index in [2.05, 4.69) is 52.0 Å². The van der Waals surface area contributed by atoms with Gasteiger partial charge in [0.1, 0.15) is 11.4 Å². The number of esters is 1. The van der Waals surface area contributed by atoms with Crippen molar-refractivity contribution in [3.63, 3.8) is 0 Å². The summed E-state index contributed by atoms with van der Waals surface area (Å²) in [6.07, 6.45) is 6.00. The van der Waals surface area contributed by atoms with E-state index >= 15 is 0 Å². The minimum Gasteiger partial charge on any atom is -0.486 e. The maximum absolute atomic E-state index is 12.0. The van der Waals surface area contributed by atoms with Crippen molar-refractivity contribution in [1.29, 1.82) is 0 Å². The molecule has 2 heterocycles. The number of hydrogen-bond donors (Lipinski definition) is 0. The van der Waals surface area contributed by atoms with Gasteiger partial charge in [-0.05, 0) is 86.8 Å². The fraction of sp³-hybridized carbons (Fsp3) is 0.500. The molecule has 0 saturated heterocycles. The summed E-state index contributed by atoms with van der Waals surface area (Å²) in [5.41, 5.74) is 4.67. The van der Waals surface area contributed by atoms with Crippen molar-refractivity contribution < 1.29 is 14.3 Å². The minimum atomic E-state index is -0.252. The Balaban J connectivity index is 1.49. The number of hydrogen-bond acceptors (Lipinski definition) is 4. The van der Waals surface area contributed by atoms with Crippen LogP contribution in [0.25, 0.3) is 11.6 Å². The molecule has 1 aliphatic heterocycles. The van der Waals surface area contributed by atoms with Gasteiger partial charge in [0.2, 0.25) is 0 Å². The van der Waals surface area contributed by atoms with E-state index in [9.17, 15) is 4.79 Å². The zero-order chi connectivity index (χ0) is 21.3. The molecule has 0 N–H and O–H groups in total. The van der Waals surface area contributed by atoms with Gasteiger partial charge in [0.05, 0.1) is 12.2 Å². The molecule has 2 bridgehead atoms. The molecule has 0 radical (unpaired) electrons. The summed E-state index contributed by atoms with van der Waals surface area (Å²) in [6, 6.07) is 8.61. The molecule has 2 saturated carbocycles. The van der Waals surface area contributed by atoms with Gasteiger partial charge in [-0.2, -0.15) is 0 Å². The molecular weight excluding hydrogens is 392 g/mol. The van der Waals surface area contributed by atoms with Gasteiger partial charge in [-0.1, -0.05) is 19.9 Å². The van der Waals surface area contributed by atoms with Crippen LogP contribution >= 0.6 is 11.3 Å². The van der Waals surface area contributed by atoms with E-state index in [-0.39, 0.29) is 17.0 Å². The zero-order valence-corrected chi connectivity index (χ0v) is 19.3. The first-order chi connectivity index (χ1) is 14.2. The molecular formula is C26H30O3S. The Kier molecular flexibility index (Phi) is 4.28. The molecule has 2 aromatic rings. The summed E-state index contributed by atoms with van der Waals surface area (Å²) in [5, 5.41) is 1.87. The van der Waals surface area contributed by atoms with Crippen LogP contribution in [0.3, 0.4) is 0 Å². The van der Waals surface area contributed by atoms with Crippen molar-refractivity contribution in [2.24, 2.45) is 11.3 Å². The highest BCUT2D eigenvalue weighted by atomic mass is 32.1. The molecule has 2 fully saturated rings. The van der Waals surface area contributed by atoms with E-state index in [0.717, 1.165) is 10.6 Å². The molecule has 4 atom stereocenters. The molecule has 158 valence electrons. The van der Waals surface area contributed by atoms with E-state index in [1.807, 2.05) is 18.4 Å². The lowest BCUT2D eigenvalue weighted by Crippen LogP contribution is -2.54. The quantitative estimate of drug-likeness (QED) is 0.513. The van der Waals surface area contributed by atoms with Crippen LogP contribution in [0.4, 0.5) is 0 Å². The summed E-state index contributed by atoms with van der Waals surface area (Å²) < 4.78 is 11.8. The Morgan fingerprint density at radius 1 is 1.27 bits per heavy atom. The van der Waals surface area contributed by atoms with Crippen LogP contribution in [-0.4, -0.2) is 18.2 Å². The summed E-state index contributed by atoms with van der Waals surface area (Å²) in [6.45, 7) is 11.6. The van der Waals surface area contributed by atoms with Gasteiger partial charge in [-0.25, -0.2) is 4.79 Å². The largest absolute Gasteiger partial charge is 0.486 e. The summed E-state index contributed by atoms with van der Waals surface area (Å²) in [5.74, 6) is 1.46. The third-order valence-electron chi connectivity index (χ3n) is 8.51. The fourth-order valence-corrected chi connectivity index (χ4v) is 7.35. The van der Waals surface area contributed by atoms with Crippen molar-refractivity contribution in [3.8, 4) is 5.75 Å². The van der Waals surface area contributed by atoms with E-state index < -0.39 is 0 Å². The highest BCUT2D eigenvalue weighted by Gasteiger charge is 2.73. The molecule has 4 heteroatoms. The molecule has 2 aliphatic carbocycles. The monoisotopic (exact) mass is 422 g/mol. The van der Waals surface area contributed by atoms with Gasteiger partial charge in [0.15, 0.2) is 0 Å². The van der Waals surface area contributed by atoms with E-state index in [1.165, 1.54) is 36.0 Å². The predicted octanol–water partition coefficient (Wildman–Crippen LogP) is 6.71. The number of carbonyl (C=O) groups excluding carboxylic acids is 1. The highest BCUT2D eigenvalue weighted by Crippen LogP contribution is 2.73. The number of fused-ring (bicyclic) bond motifs is 7. The Morgan fingerprint density at radius 2 is 2.07 bits per heavy atom. The van der Waals surface area contributed by atoms with Gasteiger partial charge >= 0.3 is 5.97 Å². The first-order valence-electron chi connectivity index (χ1n) is 11.0. The minimum absolute atomic E-state index is 0.0502. The second kappa shape index (κ2) is 6.46. The third kappa shape index (κ3) is 2.46. The Morgan fingerprint density at radius 3 is 2.83 bits per heavy atom. The van der Waals surface area contributed by atoms with Gasteiger partial charge in [0, 0.05) is 21.2 Å². The highest BCUT2D eigenvalue weighted by molar-refractivity contribution is 7.11. The zero-order valence-electron chi connectivity index (χ0n) is 18.5. The van der Waals surface area contributed by atoms with Crippen molar-refractivity contribution in [2.75, 3.05) is 6.61 Å². The van der Waals surface area contributed by atoms with Gasteiger partial charge in [-0.15, -0.1) is 11.3 Å². The van der Waals surface area contributed by atoms with Crippen LogP contribution in [-0.2, 0) is 10.2 Å². The molecule has 3 aliphatic rings. The summed E-state index contributed by atoms with van der Waals surface area (Å²) >= 11 is 1.57. The van der Waals surface area contributed by atoms with Crippen LogP contribution in [0.1, 0.15) is 80.2 Å². The summed E-state index contributed by atoms with van der Waals surface area (Å²) in [4.78, 5) is 13.0. The SMILES string of the molecule is CCOC(=O)c1csc(/C=C(\C)c2ccc3c(c2)C2(C)C4(C)CCC(C4)C2(C)O3)c1. The second-order valence-corrected chi connectivity index (χ2v) is 10.8. The predicted molar refractivity (Wildman–Crippen MR) is 122 cm³/mol. The Bertz CT molecular complexity index is 1070. The molecule has 0 amide bonds. The standard InChI is InChI=1S/C26H30O3S/c1-6-28-23(27)18-12-20(30-15-18)11-16(2)17-7-8-22-21(13-17)25(4)24(3)10-9-19(14-24)26(25,5)29-22/h7-8,11-13,15,19H,6,9-10,14H2,1-5H3/b16-11+. The number of benzene rings is 1. The first-order valence-corrected chi connectivity index (χ1v) is 11.9. The van der Waals surface area contributed by atoms with E-state index in [4.69, 9.17) is 9.47 Å². The smallest absolute Gasteiger partial charge is 0.338 e. The number of rotatable bonds is 4. The molecule has 5 rings (SSSR count). The third-order valence-corrected chi connectivity index (χ3v) is 9.39. The van der Waals surface area contributed by atoms with Crippen LogP contribution in [0, 0.1) is 11.3 Å². The summed E-state index contributed by atoms with van der Waals surface area (Å²) in [7, 11) is 0. The molecule has 3 nitrogen and oxygen atoms in total. The number of thiophene rings is 1. The topological polar surface area (TPSA) is 35.5 Å². The van der Waals surface area contributed by atoms with Gasteiger partial charge in [0.25, 0.3) is 0 Å². The maximum Gasteiger partial charge on any atom is 0.338 e. The Labute approximate surface area is 183 Å². The lowest BCUT2D eigenvalue weighted by atomic mass is 9.56. The van der Waals surface area contributed by atoms with Crippen molar-refractivity contribution >= 4 is 29.0 Å². The molecule has 0 spiro atoms. The average Bonchev–Trinajstić information content (AvgIpc) is 3.42. The molecule has 1 aromatic heterocycles.